The van der Waals surface area contributed by atoms with Crippen molar-refractivity contribution >= 4 is 12.1 Å². The van der Waals surface area contributed by atoms with Crippen LogP contribution in [-0.2, 0) is 11.2 Å². The summed E-state index contributed by atoms with van der Waals surface area (Å²) in [5, 5.41) is 9.01. The average molecular weight is 321 g/mol. The largest absolute Gasteiger partial charge is 0.444 e. The molecule has 0 aliphatic carbocycles. The highest BCUT2D eigenvalue weighted by Crippen LogP contribution is 2.05. The number of ether oxygens (including phenoxy) is 1. The van der Waals surface area contributed by atoms with Crippen LogP contribution in [0.25, 0.3) is 0 Å². The summed E-state index contributed by atoms with van der Waals surface area (Å²) in [7, 11) is 1.71. The molecule has 0 bridgehead atoms. The molecule has 1 amide bonds. The van der Waals surface area contributed by atoms with Crippen molar-refractivity contribution in [2.45, 2.75) is 32.8 Å². The van der Waals surface area contributed by atoms with Crippen LogP contribution in [0.4, 0.5) is 4.79 Å². The average Bonchev–Trinajstić information content (AvgIpc) is 2.49. The Labute approximate surface area is 137 Å². The monoisotopic (exact) mass is 321 g/mol. The van der Waals surface area contributed by atoms with Gasteiger partial charge in [0.15, 0.2) is 5.96 Å². The molecule has 1 aromatic heterocycles. The SMILES string of the molecule is CN=C(NCCNC(=O)OC(C)(C)C)NCCc1ccccn1. The molecule has 0 fully saturated rings. The first kappa shape index (κ1) is 18.7. The van der Waals surface area contributed by atoms with Gasteiger partial charge in [0.25, 0.3) is 0 Å². The van der Waals surface area contributed by atoms with Crippen molar-refractivity contribution in [2.75, 3.05) is 26.7 Å². The summed E-state index contributed by atoms with van der Waals surface area (Å²) in [5.41, 5.74) is 0.544. The number of guanidine groups is 1. The van der Waals surface area contributed by atoms with E-state index >= 15 is 0 Å². The number of aliphatic imine (C=N–C) groups is 1. The minimum absolute atomic E-state index is 0.419. The number of rotatable bonds is 6. The van der Waals surface area contributed by atoms with Crippen LogP contribution in [0.2, 0.25) is 0 Å². The molecule has 0 aliphatic rings. The fraction of sp³-hybridized carbons (Fsp3) is 0.562. The van der Waals surface area contributed by atoms with Gasteiger partial charge < -0.3 is 20.7 Å². The number of aromatic nitrogens is 1. The van der Waals surface area contributed by atoms with Crippen LogP contribution in [0.5, 0.6) is 0 Å². The number of alkyl carbamates (subject to hydrolysis) is 1. The molecule has 3 N–H and O–H groups in total. The first-order valence-electron chi connectivity index (χ1n) is 7.72. The van der Waals surface area contributed by atoms with Crippen molar-refractivity contribution in [3.8, 4) is 0 Å². The zero-order valence-corrected chi connectivity index (χ0v) is 14.3. The van der Waals surface area contributed by atoms with Gasteiger partial charge >= 0.3 is 6.09 Å². The summed E-state index contributed by atoms with van der Waals surface area (Å²) >= 11 is 0. The number of hydrogen-bond acceptors (Lipinski definition) is 4. The predicted molar refractivity (Wildman–Crippen MR) is 91.5 cm³/mol. The third kappa shape index (κ3) is 9.34. The lowest BCUT2D eigenvalue weighted by Crippen LogP contribution is -2.43. The molecular weight excluding hydrogens is 294 g/mol. The van der Waals surface area contributed by atoms with Gasteiger partial charge in [0.1, 0.15) is 5.60 Å². The zero-order chi connectivity index (χ0) is 17.1. The molecule has 0 atom stereocenters. The molecule has 0 aliphatic heterocycles. The van der Waals surface area contributed by atoms with Gasteiger partial charge in [-0.2, -0.15) is 0 Å². The maximum Gasteiger partial charge on any atom is 0.407 e. The number of carbonyl (C=O) groups excluding carboxylic acids is 1. The fourth-order valence-electron chi connectivity index (χ4n) is 1.74. The Hall–Kier alpha value is -2.31. The van der Waals surface area contributed by atoms with Gasteiger partial charge in [0, 0.05) is 45.0 Å². The second kappa shape index (κ2) is 9.66. The molecule has 0 aromatic carbocycles. The van der Waals surface area contributed by atoms with Gasteiger partial charge in [0.2, 0.25) is 0 Å². The summed E-state index contributed by atoms with van der Waals surface area (Å²) < 4.78 is 5.15. The second-order valence-electron chi connectivity index (χ2n) is 5.93. The summed E-state index contributed by atoms with van der Waals surface area (Å²) in [6.45, 7) is 7.24. The number of pyridine rings is 1. The Morgan fingerprint density at radius 1 is 1.17 bits per heavy atom. The Kier molecular flexibility index (Phi) is 7.87. The van der Waals surface area contributed by atoms with E-state index in [1.54, 1.807) is 13.2 Å². The van der Waals surface area contributed by atoms with Crippen LogP contribution >= 0.6 is 0 Å². The lowest BCUT2D eigenvalue weighted by Gasteiger charge is -2.19. The van der Waals surface area contributed by atoms with Gasteiger partial charge in [-0.1, -0.05) is 6.07 Å². The number of carbonyl (C=O) groups is 1. The Bertz CT molecular complexity index is 497. The molecule has 1 aromatic rings. The minimum atomic E-state index is -0.486. The van der Waals surface area contributed by atoms with Crippen LogP contribution in [0.1, 0.15) is 26.5 Å². The predicted octanol–water partition coefficient (Wildman–Crippen LogP) is 1.31. The van der Waals surface area contributed by atoms with E-state index in [0.29, 0.717) is 19.0 Å². The highest BCUT2D eigenvalue weighted by Gasteiger charge is 2.15. The number of nitrogens with one attached hydrogen (secondary N) is 3. The molecule has 7 heteroatoms. The zero-order valence-electron chi connectivity index (χ0n) is 14.3. The van der Waals surface area contributed by atoms with Crippen molar-refractivity contribution in [2.24, 2.45) is 4.99 Å². The normalized spacial score (nSPS) is 11.7. The first-order valence-corrected chi connectivity index (χ1v) is 7.72. The summed E-state index contributed by atoms with van der Waals surface area (Å²) in [6, 6.07) is 5.86. The molecule has 0 saturated heterocycles. The molecule has 0 unspecified atom stereocenters. The topological polar surface area (TPSA) is 87.6 Å². The van der Waals surface area contributed by atoms with Gasteiger partial charge in [-0.05, 0) is 32.9 Å². The van der Waals surface area contributed by atoms with E-state index < -0.39 is 11.7 Å². The van der Waals surface area contributed by atoms with E-state index in [-0.39, 0.29) is 0 Å². The van der Waals surface area contributed by atoms with Crippen molar-refractivity contribution < 1.29 is 9.53 Å². The maximum absolute atomic E-state index is 11.5. The molecule has 128 valence electrons. The maximum atomic E-state index is 11.5. The molecule has 7 nitrogen and oxygen atoms in total. The molecule has 0 saturated carbocycles. The quantitative estimate of drug-likeness (QED) is 0.418. The number of amides is 1. The van der Waals surface area contributed by atoms with Crippen LogP contribution in [0.3, 0.4) is 0 Å². The Morgan fingerprint density at radius 3 is 2.48 bits per heavy atom. The van der Waals surface area contributed by atoms with E-state index in [4.69, 9.17) is 4.74 Å². The smallest absolute Gasteiger partial charge is 0.407 e. The molecule has 1 rings (SSSR count). The fourth-order valence-corrected chi connectivity index (χ4v) is 1.74. The van der Waals surface area contributed by atoms with Crippen LogP contribution in [0, 0.1) is 0 Å². The Balaban J connectivity index is 2.16. The van der Waals surface area contributed by atoms with E-state index in [0.717, 1.165) is 18.7 Å². The molecule has 0 spiro atoms. The van der Waals surface area contributed by atoms with Crippen molar-refractivity contribution in [1.29, 1.82) is 0 Å². The molecule has 0 radical (unpaired) electrons. The van der Waals surface area contributed by atoms with Crippen LogP contribution in [-0.4, -0.2) is 49.3 Å². The highest BCUT2D eigenvalue weighted by molar-refractivity contribution is 5.79. The summed E-state index contributed by atoms with van der Waals surface area (Å²) in [6.07, 6.45) is 2.18. The van der Waals surface area contributed by atoms with E-state index in [1.165, 1.54) is 0 Å². The first-order chi connectivity index (χ1) is 10.9. The third-order valence-corrected chi connectivity index (χ3v) is 2.71. The van der Waals surface area contributed by atoms with Crippen molar-refractivity contribution in [1.82, 2.24) is 20.9 Å². The summed E-state index contributed by atoms with van der Waals surface area (Å²) in [4.78, 5) is 19.9. The van der Waals surface area contributed by atoms with Gasteiger partial charge in [0.05, 0.1) is 0 Å². The van der Waals surface area contributed by atoms with Crippen molar-refractivity contribution in [3.05, 3.63) is 30.1 Å². The van der Waals surface area contributed by atoms with E-state index in [1.807, 2.05) is 39.0 Å². The molecule has 1 heterocycles. The third-order valence-electron chi connectivity index (χ3n) is 2.71. The minimum Gasteiger partial charge on any atom is -0.444 e. The molecular formula is C16H27N5O2. The van der Waals surface area contributed by atoms with Gasteiger partial charge in [-0.25, -0.2) is 4.79 Å². The number of hydrogen-bond donors (Lipinski definition) is 3. The van der Waals surface area contributed by atoms with Crippen LogP contribution < -0.4 is 16.0 Å². The van der Waals surface area contributed by atoms with E-state index in [2.05, 4.69) is 25.9 Å². The highest BCUT2D eigenvalue weighted by atomic mass is 16.6. The second-order valence-corrected chi connectivity index (χ2v) is 5.93. The standard InChI is InChI=1S/C16H27N5O2/c1-16(2,3)23-15(22)21-12-11-20-14(17-4)19-10-8-13-7-5-6-9-18-13/h5-7,9H,8,10-12H2,1-4H3,(H,21,22)(H2,17,19,20). The molecule has 23 heavy (non-hydrogen) atoms. The Morgan fingerprint density at radius 2 is 1.87 bits per heavy atom. The number of nitrogens with zero attached hydrogens (tertiary/aromatic N) is 2. The lowest BCUT2D eigenvalue weighted by atomic mass is 10.2. The lowest BCUT2D eigenvalue weighted by molar-refractivity contribution is 0.0529. The van der Waals surface area contributed by atoms with Crippen molar-refractivity contribution in [3.63, 3.8) is 0 Å². The van der Waals surface area contributed by atoms with E-state index in [9.17, 15) is 4.79 Å². The van der Waals surface area contributed by atoms with Gasteiger partial charge in [-0.15, -0.1) is 0 Å². The van der Waals surface area contributed by atoms with Crippen LogP contribution in [0.15, 0.2) is 29.4 Å². The summed E-state index contributed by atoms with van der Waals surface area (Å²) in [5.74, 6) is 0.687. The van der Waals surface area contributed by atoms with Gasteiger partial charge in [-0.3, -0.25) is 9.98 Å².